The van der Waals surface area contributed by atoms with E-state index < -0.39 is 0 Å². The van der Waals surface area contributed by atoms with Crippen LogP contribution < -0.4 is 5.32 Å². The summed E-state index contributed by atoms with van der Waals surface area (Å²) < 4.78 is 0. The van der Waals surface area contributed by atoms with Crippen molar-refractivity contribution in [3.8, 4) is 0 Å². The molecule has 4 rings (SSSR count). The standard InChI is InChI=1S/C24H34N6O/c1-18-5-4-11-29(17-18)12-9-23(31)30-13-7-20(8-14-30)21-15-25-16-22(27-21)28-24-19(2)6-3-10-26-24/h3,6,10,15-16,18,20H,4-5,7-9,11-14,17H2,1-2H3,(H,26,27,28)/t18-/m1/s1. The smallest absolute Gasteiger partial charge is 0.223 e. The van der Waals surface area contributed by atoms with E-state index in [-0.39, 0.29) is 0 Å². The molecule has 0 saturated carbocycles. The van der Waals surface area contributed by atoms with Crippen LogP contribution in [0.4, 0.5) is 11.6 Å². The fourth-order valence-corrected chi connectivity index (χ4v) is 4.70. The number of pyridine rings is 1. The minimum absolute atomic E-state index is 0.295. The fraction of sp³-hybridized carbons (Fsp3) is 0.583. The fourth-order valence-electron chi connectivity index (χ4n) is 4.70. The van der Waals surface area contributed by atoms with E-state index in [1.165, 1.54) is 12.8 Å². The minimum Gasteiger partial charge on any atom is -0.343 e. The van der Waals surface area contributed by atoms with Gasteiger partial charge in [-0.05, 0) is 56.7 Å². The number of aromatic nitrogens is 3. The zero-order valence-corrected chi connectivity index (χ0v) is 18.8. The Morgan fingerprint density at radius 2 is 2.03 bits per heavy atom. The summed E-state index contributed by atoms with van der Waals surface area (Å²) in [5, 5.41) is 3.28. The monoisotopic (exact) mass is 422 g/mol. The molecule has 0 bridgehead atoms. The number of carbonyl (C=O) groups excluding carboxylic acids is 1. The first-order chi connectivity index (χ1) is 15.1. The largest absolute Gasteiger partial charge is 0.343 e. The normalized spacial score (nSPS) is 20.6. The Labute approximate surface area is 185 Å². The predicted molar refractivity (Wildman–Crippen MR) is 122 cm³/mol. The van der Waals surface area contributed by atoms with Crippen molar-refractivity contribution in [2.75, 3.05) is 38.0 Å². The molecule has 4 heterocycles. The van der Waals surface area contributed by atoms with Crippen LogP contribution in [0.5, 0.6) is 0 Å². The summed E-state index contributed by atoms with van der Waals surface area (Å²) in [5.74, 6) is 2.91. The SMILES string of the molecule is Cc1cccnc1Nc1cncc(C2CCN(C(=O)CCN3CCC[C@@H](C)C3)CC2)n1. The van der Waals surface area contributed by atoms with Gasteiger partial charge in [-0.15, -0.1) is 0 Å². The van der Waals surface area contributed by atoms with Crippen LogP contribution in [0.1, 0.15) is 56.2 Å². The highest BCUT2D eigenvalue weighted by Crippen LogP contribution is 2.28. The van der Waals surface area contributed by atoms with Crippen molar-refractivity contribution in [1.29, 1.82) is 0 Å². The first kappa shape index (κ1) is 21.7. The number of nitrogens with zero attached hydrogens (tertiary/aromatic N) is 5. The predicted octanol–water partition coefficient (Wildman–Crippen LogP) is 3.75. The zero-order valence-electron chi connectivity index (χ0n) is 18.8. The van der Waals surface area contributed by atoms with Crippen LogP contribution in [0.15, 0.2) is 30.7 Å². The Morgan fingerprint density at radius 1 is 1.19 bits per heavy atom. The number of rotatable bonds is 6. The number of nitrogens with one attached hydrogen (secondary N) is 1. The van der Waals surface area contributed by atoms with Crippen LogP contribution in [0.2, 0.25) is 0 Å². The van der Waals surface area contributed by atoms with Gasteiger partial charge in [0.1, 0.15) is 11.6 Å². The van der Waals surface area contributed by atoms with E-state index in [4.69, 9.17) is 4.98 Å². The van der Waals surface area contributed by atoms with Crippen LogP contribution in [-0.4, -0.2) is 63.4 Å². The van der Waals surface area contributed by atoms with Gasteiger partial charge >= 0.3 is 0 Å². The van der Waals surface area contributed by atoms with E-state index in [0.717, 1.165) is 68.6 Å². The summed E-state index contributed by atoms with van der Waals surface area (Å²) >= 11 is 0. The molecule has 0 aromatic carbocycles. The number of piperidine rings is 2. The van der Waals surface area contributed by atoms with Gasteiger partial charge in [0.2, 0.25) is 5.91 Å². The molecule has 0 radical (unpaired) electrons. The molecule has 2 aromatic heterocycles. The van der Waals surface area contributed by atoms with Gasteiger partial charge in [0, 0.05) is 50.9 Å². The maximum Gasteiger partial charge on any atom is 0.223 e. The van der Waals surface area contributed by atoms with Crippen molar-refractivity contribution in [3.05, 3.63) is 42.0 Å². The highest BCUT2D eigenvalue weighted by Gasteiger charge is 2.26. The molecular weight excluding hydrogens is 388 g/mol. The molecule has 0 unspecified atom stereocenters. The van der Waals surface area contributed by atoms with E-state index in [2.05, 4.69) is 27.1 Å². The molecular formula is C24H34N6O. The Hall–Kier alpha value is -2.54. The molecule has 1 N–H and O–H groups in total. The summed E-state index contributed by atoms with van der Waals surface area (Å²) in [6.07, 6.45) is 10.5. The number of carbonyl (C=O) groups is 1. The van der Waals surface area contributed by atoms with Crippen molar-refractivity contribution in [2.45, 2.75) is 51.9 Å². The number of anilines is 2. The van der Waals surface area contributed by atoms with E-state index in [1.807, 2.05) is 30.2 Å². The van der Waals surface area contributed by atoms with E-state index in [9.17, 15) is 4.79 Å². The lowest BCUT2D eigenvalue weighted by Gasteiger charge is -2.34. The maximum atomic E-state index is 12.7. The Bertz CT molecular complexity index is 880. The minimum atomic E-state index is 0.295. The van der Waals surface area contributed by atoms with Crippen molar-refractivity contribution in [2.24, 2.45) is 5.92 Å². The quantitative estimate of drug-likeness (QED) is 0.764. The van der Waals surface area contributed by atoms with Gasteiger partial charge in [0.05, 0.1) is 11.9 Å². The second-order valence-electron chi connectivity index (χ2n) is 9.08. The second kappa shape index (κ2) is 10.2. The van der Waals surface area contributed by atoms with Crippen molar-refractivity contribution in [1.82, 2.24) is 24.8 Å². The van der Waals surface area contributed by atoms with Crippen molar-refractivity contribution >= 4 is 17.5 Å². The topological polar surface area (TPSA) is 74.2 Å². The molecule has 2 aliphatic heterocycles. The Balaban J connectivity index is 1.27. The third-order valence-corrected chi connectivity index (χ3v) is 6.56. The molecule has 7 nitrogen and oxygen atoms in total. The van der Waals surface area contributed by atoms with Crippen LogP contribution in [0.25, 0.3) is 0 Å². The van der Waals surface area contributed by atoms with E-state index in [0.29, 0.717) is 24.1 Å². The molecule has 2 aromatic rings. The lowest BCUT2D eigenvalue weighted by molar-refractivity contribution is -0.132. The number of amides is 1. The van der Waals surface area contributed by atoms with Gasteiger partial charge in [-0.1, -0.05) is 13.0 Å². The van der Waals surface area contributed by atoms with Gasteiger partial charge in [0.25, 0.3) is 0 Å². The number of aryl methyl sites for hydroxylation is 1. The Morgan fingerprint density at radius 3 is 2.81 bits per heavy atom. The second-order valence-corrected chi connectivity index (χ2v) is 9.08. The van der Waals surface area contributed by atoms with Crippen LogP contribution in [0.3, 0.4) is 0 Å². The molecule has 166 valence electrons. The summed E-state index contributed by atoms with van der Waals surface area (Å²) in [4.78, 5) is 30.7. The molecule has 1 amide bonds. The van der Waals surface area contributed by atoms with Gasteiger partial charge in [-0.3, -0.25) is 9.78 Å². The molecule has 31 heavy (non-hydrogen) atoms. The lowest BCUT2D eigenvalue weighted by Crippen LogP contribution is -2.41. The molecule has 0 spiro atoms. The third-order valence-electron chi connectivity index (χ3n) is 6.56. The molecule has 1 atom stereocenters. The summed E-state index contributed by atoms with van der Waals surface area (Å²) in [6.45, 7) is 9.11. The van der Waals surface area contributed by atoms with Gasteiger partial charge < -0.3 is 15.1 Å². The summed E-state index contributed by atoms with van der Waals surface area (Å²) in [5.41, 5.74) is 2.06. The molecule has 0 aliphatic carbocycles. The molecule has 2 fully saturated rings. The average Bonchev–Trinajstić information content (AvgIpc) is 2.79. The average molecular weight is 423 g/mol. The first-order valence-electron chi connectivity index (χ1n) is 11.6. The van der Waals surface area contributed by atoms with Crippen LogP contribution in [0, 0.1) is 12.8 Å². The van der Waals surface area contributed by atoms with Crippen molar-refractivity contribution < 1.29 is 4.79 Å². The number of hydrogen-bond acceptors (Lipinski definition) is 6. The number of hydrogen-bond donors (Lipinski definition) is 1. The molecule has 2 saturated heterocycles. The molecule has 2 aliphatic rings. The third kappa shape index (κ3) is 5.79. The van der Waals surface area contributed by atoms with E-state index in [1.54, 1.807) is 12.4 Å². The summed E-state index contributed by atoms with van der Waals surface area (Å²) in [7, 11) is 0. The first-order valence-corrected chi connectivity index (χ1v) is 11.6. The zero-order chi connectivity index (χ0) is 21.6. The van der Waals surface area contributed by atoms with Gasteiger partial charge in [0.15, 0.2) is 0 Å². The van der Waals surface area contributed by atoms with Crippen LogP contribution >= 0.6 is 0 Å². The highest BCUT2D eigenvalue weighted by molar-refractivity contribution is 5.76. The highest BCUT2D eigenvalue weighted by atomic mass is 16.2. The lowest BCUT2D eigenvalue weighted by atomic mass is 9.93. The van der Waals surface area contributed by atoms with Crippen LogP contribution in [-0.2, 0) is 4.79 Å². The Kier molecular flexibility index (Phi) is 7.12. The van der Waals surface area contributed by atoms with Gasteiger partial charge in [-0.2, -0.15) is 0 Å². The summed E-state index contributed by atoms with van der Waals surface area (Å²) in [6, 6.07) is 3.94. The maximum absolute atomic E-state index is 12.7. The van der Waals surface area contributed by atoms with Crippen molar-refractivity contribution in [3.63, 3.8) is 0 Å². The van der Waals surface area contributed by atoms with E-state index >= 15 is 0 Å². The van der Waals surface area contributed by atoms with Gasteiger partial charge in [-0.25, -0.2) is 9.97 Å². The molecule has 7 heteroatoms. The number of likely N-dealkylation sites (tertiary alicyclic amines) is 2.